The summed E-state index contributed by atoms with van der Waals surface area (Å²) < 4.78 is 4.73. The molecule has 0 aromatic carbocycles. The van der Waals surface area contributed by atoms with Gasteiger partial charge in [0.05, 0.1) is 0 Å². The Kier molecular flexibility index (Phi) is 2.44. The SMILES string of the molecule is CC(=O)Oc1ccncc1Cl. The van der Waals surface area contributed by atoms with E-state index in [0.29, 0.717) is 10.8 Å². The van der Waals surface area contributed by atoms with Gasteiger partial charge in [-0.05, 0) is 0 Å². The lowest BCUT2D eigenvalue weighted by molar-refractivity contribution is -0.131. The van der Waals surface area contributed by atoms with E-state index in [4.69, 9.17) is 16.3 Å². The first-order valence-corrected chi connectivity index (χ1v) is 3.36. The molecule has 0 unspecified atom stereocenters. The van der Waals surface area contributed by atoms with Gasteiger partial charge in [-0.1, -0.05) is 11.6 Å². The van der Waals surface area contributed by atoms with E-state index < -0.39 is 5.97 Å². The maximum Gasteiger partial charge on any atom is 0.308 e. The second-order valence-corrected chi connectivity index (χ2v) is 2.31. The Hall–Kier alpha value is -1.09. The molecular weight excluding hydrogens is 166 g/mol. The molecule has 0 radical (unpaired) electrons. The van der Waals surface area contributed by atoms with E-state index in [9.17, 15) is 4.79 Å². The number of rotatable bonds is 1. The molecule has 0 atom stereocenters. The van der Waals surface area contributed by atoms with Gasteiger partial charge in [-0.15, -0.1) is 0 Å². The Bertz CT molecular complexity index is 275. The summed E-state index contributed by atoms with van der Waals surface area (Å²) in [7, 11) is 0. The maximum atomic E-state index is 10.5. The van der Waals surface area contributed by atoms with Crippen LogP contribution in [0, 0.1) is 0 Å². The zero-order chi connectivity index (χ0) is 8.27. The molecule has 1 aromatic heterocycles. The summed E-state index contributed by atoms with van der Waals surface area (Å²) in [6.07, 6.45) is 2.92. The second kappa shape index (κ2) is 3.34. The van der Waals surface area contributed by atoms with E-state index in [1.807, 2.05) is 0 Å². The Morgan fingerprint density at radius 1 is 1.73 bits per heavy atom. The highest BCUT2D eigenvalue weighted by Crippen LogP contribution is 2.21. The van der Waals surface area contributed by atoms with E-state index in [1.165, 1.54) is 25.4 Å². The maximum absolute atomic E-state index is 10.5. The third kappa shape index (κ3) is 2.20. The van der Waals surface area contributed by atoms with Gasteiger partial charge < -0.3 is 4.74 Å². The zero-order valence-electron chi connectivity index (χ0n) is 5.87. The van der Waals surface area contributed by atoms with Crippen molar-refractivity contribution in [3.63, 3.8) is 0 Å². The van der Waals surface area contributed by atoms with E-state index in [2.05, 4.69) is 4.98 Å². The van der Waals surface area contributed by atoms with Crippen LogP contribution in [0.15, 0.2) is 18.5 Å². The van der Waals surface area contributed by atoms with Crippen molar-refractivity contribution in [3.05, 3.63) is 23.5 Å². The topological polar surface area (TPSA) is 39.2 Å². The van der Waals surface area contributed by atoms with Gasteiger partial charge in [-0.2, -0.15) is 0 Å². The highest BCUT2D eigenvalue weighted by Gasteiger charge is 2.01. The van der Waals surface area contributed by atoms with Crippen molar-refractivity contribution in [1.29, 1.82) is 0 Å². The van der Waals surface area contributed by atoms with Gasteiger partial charge in [0.15, 0.2) is 5.75 Å². The van der Waals surface area contributed by atoms with Crippen LogP contribution in [0.3, 0.4) is 0 Å². The van der Waals surface area contributed by atoms with Crippen LogP contribution in [0.4, 0.5) is 0 Å². The lowest BCUT2D eigenvalue weighted by Crippen LogP contribution is -2.01. The molecule has 1 aromatic rings. The normalized spacial score (nSPS) is 9.27. The van der Waals surface area contributed by atoms with Crippen molar-refractivity contribution in [3.8, 4) is 5.75 Å². The molecule has 3 nitrogen and oxygen atoms in total. The van der Waals surface area contributed by atoms with Crippen molar-refractivity contribution in [2.24, 2.45) is 0 Å². The summed E-state index contributed by atoms with van der Waals surface area (Å²) >= 11 is 5.63. The average molecular weight is 172 g/mol. The number of halogens is 1. The van der Waals surface area contributed by atoms with Crippen LogP contribution in [-0.4, -0.2) is 11.0 Å². The van der Waals surface area contributed by atoms with Crippen LogP contribution in [0.5, 0.6) is 5.75 Å². The first kappa shape index (κ1) is 8.01. The number of esters is 1. The van der Waals surface area contributed by atoms with E-state index in [-0.39, 0.29) is 0 Å². The molecule has 0 amide bonds. The van der Waals surface area contributed by atoms with Gasteiger partial charge in [0.1, 0.15) is 5.02 Å². The van der Waals surface area contributed by atoms with E-state index in [1.54, 1.807) is 0 Å². The molecule has 1 rings (SSSR count). The summed E-state index contributed by atoms with van der Waals surface area (Å²) in [4.78, 5) is 14.2. The van der Waals surface area contributed by atoms with Crippen LogP contribution in [-0.2, 0) is 4.79 Å². The van der Waals surface area contributed by atoms with Crippen LogP contribution >= 0.6 is 11.6 Å². The molecule has 0 N–H and O–H groups in total. The number of hydrogen-bond acceptors (Lipinski definition) is 3. The van der Waals surface area contributed by atoms with Gasteiger partial charge >= 0.3 is 5.97 Å². The molecule has 0 fully saturated rings. The molecule has 0 saturated heterocycles. The fourth-order valence-corrected chi connectivity index (χ4v) is 0.758. The lowest BCUT2D eigenvalue weighted by Gasteiger charge is -2.00. The molecule has 0 saturated carbocycles. The molecule has 58 valence electrons. The largest absolute Gasteiger partial charge is 0.425 e. The summed E-state index contributed by atoms with van der Waals surface area (Å²) in [6, 6.07) is 1.53. The minimum atomic E-state index is -0.391. The first-order valence-electron chi connectivity index (χ1n) is 2.98. The number of ether oxygens (including phenoxy) is 1. The molecule has 1 heterocycles. The molecular formula is C7H6ClNO2. The van der Waals surface area contributed by atoms with Crippen molar-refractivity contribution in [2.45, 2.75) is 6.92 Å². The Balaban J connectivity index is 2.86. The molecule has 4 heteroatoms. The summed E-state index contributed by atoms with van der Waals surface area (Å²) in [5.74, 6) is -0.0488. The van der Waals surface area contributed by atoms with Gasteiger partial charge in [0, 0.05) is 25.4 Å². The monoisotopic (exact) mass is 171 g/mol. The number of hydrogen-bond donors (Lipinski definition) is 0. The standard InChI is InChI=1S/C7H6ClNO2/c1-5(10)11-7-2-3-9-4-6(7)8/h2-4H,1H3. The predicted molar refractivity (Wildman–Crippen MR) is 40.6 cm³/mol. The Morgan fingerprint density at radius 2 is 2.45 bits per heavy atom. The summed E-state index contributed by atoms with van der Waals surface area (Å²) in [5, 5.41) is 0.336. The number of carbonyl (C=O) groups excluding carboxylic acids is 1. The van der Waals surface area contributed by atoms with Gasteiger partial charge in [0.25, 0.3) is 0 Å². The van der Waals surface area contributed by atoms with E-state index >= 15 is 0 Å². The van der Waals surface area contributed by atoms with E-state index in [0.717, 1.165) is 0 Å². The van der Waals surface area contributed by atoms with Gasteiger partial charge in [-0.3, -0.25) is 9.78 Å². The first-order chi connectivity index (χ1) is 5.20. The smallest absolute Gasteiger partial charge is 0.308 e. The molecule has 0 bridgehead atoms. The fraction of sp³-hybridized carbons (Fsp3) is 0.143. The quantitative estimate of drug-likeness (QED) is 0.604. The fourth-order valence-electron chi connectivity index (χ4n) is 0.600. The summed E-state index contributed by atoms with van der Waals surface area (Å²) in [5.41, 5.74) is 0. The highest BCUT2D eigenvalue weighted by molar-refractivity contribution is 6.32. The van der Waals surface area contributed by atoms with Crippen molar-refractivity contribution < 1.29 is 9.53 Å². The van der Waals surface area contributed by atoms with Gasteiger partial charge in [0.2, 0.25) is 0 Å². The number of pyridine rings is 1. The minimum absolute atomic E-state index is 0.336. The highest BCUT2D eigenvalue weighted by atomic mass is 35.5. The lowest BCUT2D eigenvalue weighted by atomic mass is 10.4. The van der Waals surface area contributed by atoms with Crippen LogP contribution < -0.4 is 4.74 Å². The average Bonchev–Trinajstić information content (AvgIpc) is 1.93. The van der Waals surface area contributed by atoms with Crippen molar-refractivity contribution in [2.75, 3.05) is 0 Å². The zero-order valence-corrected chi connectivity index (χ0v) is 6.63. The minimum Gasteiger partial charge on any atom is -0.425 e. The van der Waals surface area contributed by atoms with Crippen LogP contribution in [0.2, 0.25) is 5.02 Å². The molecule has 0 aliphatic rings. The van der Waals surface area contributed by atoms with Crippen molar-refractivity contribution >= 4 is 17.6 Å². The van der Waals surface area contributed by atoms with Crippen molar-refractivity contribution in [1.82, 2.24) is 4.98 Å². The molecule has 0 spiro atoms. The molecule has 11 heavy (non-hydrogen) atoms. The van der Waals surface area contributed by atoms with Crippen LogP contribution in [0.1, 0.15) is 6.92 Å². The van der Waals surface area contributed by atoms with Crippen LogP contribution in [0.25, 0.3) is 0 Å². The second-order valence-electron chi connectivity index (χ2n) is 1.90. The third-order valence-corrected chi connectivity index (χ3v) is 1.27. The molecule has 0 aliphatic heterocycles. The third-order valence-electron chi connectivity index (χ3n) is 0.989. The Morgan fingerprint density at radius 3 is 3.00 bits per heavy atom. The molecule has 0 aliphatic carbocycles. The number of nitrogens with zero attached hydrogens (tertiary/aromatic N) is 1. The Labute approximate surface area is 69.0 Å². The summed E-state index contributed by atoms with van der Waals surface area (Å²) in [6.45, 7) is 1.32. The number of aromatic nitrogens is 1. The predicted octanol–water partition coefficient (Wildman–Crippen LogP) is 1.66. The number of carbonyl (C=O) groups is 1. The van der Waals surface area contributed by atoms with Gasteiger partial charge in [-0.25, -0.2) is 0 Å².